The highest BCUT2D eigenvalue weighted by Gasteiger charge is 2.43. The molecule has 0 aliphatic rings. The van der Waals surface area contributed by atoms with E-state index in [1.807, 2.05) is 0 Å². The van der Waals surface area contributed by atoms with E-state index < -0.39 is 29.4 Å². The monoisotopic (exact) mass is 312 g/mol. The third-order valence-electron chi connectivity index (χ3n) is 2.66. The molecule has 0 amide bonds. The summed E-state index contributed by atoms with van der Waals surface area (Å²) in [4.78, 5) is 11.3. The summed E-state index contributed by atoms with van der Waals surface area (Å²) < 4.78 is 53.3. The Labute approximate surface area is 118 Å². The van der Waals surface area contributed by atoms with E-state index in [-0.39, 0.29) is 5.92 Å². The van der Waals surface area contributed by atoms with Crippen LogP contribution >= 0.6 is 11.6 Å². The highest BCUT2D eigenvalue weighted by molar-refractivity contribution is 6.64. The maximum Gasteiger partial charge on any atom is 0.461 e. The second kappa shape index (κ2) is 6.43. The zero-order valence-corrected chi connectivity index (χ0v) is 11.5. The van der Waals surface area contributed by atoms with E-state index in [4.69, 9.17) is 11.6 Å². The molecule has 2 nitrogen and oxygen atoms in total. The van der Waals surface area contributed by atoms with Gasteiger partial charge in [-0.25, -0.2) is 0 Å². The Bertz CT molecular complexity index is 460. The lowest BCUT2D eigenvalue weighted by Crippen LogP contribution is -2.33. The fourth-order valence-corrected chi connectivity index (χ4v) is 2.10. The lowest BCUT2D eigenvalue weighted by molar-refractivity contribution is -0.253. The number of hydrogen-bond acceptors (Lipinski definition) is 2. The van der Waals surface area contributed by atoms with Crippen molar-refractivity contribution in [3.63, 3.8) is 0 Å². The maximum absolute atomic E-state index is 12.7. The Balaban J connectivity index is 2.91. The second-order valence-corrected chi connectivity index (χ2v) is 4.93. The fourth-order valence-electron chi connectivity index (χ4n) is 1.72. The molecule has 0 heterocycles. The number of benzene rings is 1. The van der Waals surface area contributed by atoms with Crippen molar-refractivity contribution in [2.24, 2.45) is 5.92 Å². The standard InChI is InChI=1S/C13H13ClF4O2/c1-7(2)10(11(14)19)8-3-5-9(6-4-8)20-13(17,18)12(15)16/h3-7,10,12H,1-2H3. The minimum absolute atomic E-state index is 0.0886. The van der Waals surface area contributed by atoms with Crippen molar-refractivity contribution in [1.29, 1.82) is 0 Å². The minimum Gasteiger partial charge on any atom is -0.428 e. The summed E-state index contributed by atoms with van der Waals surface area (Å²) in [6, 6.07) is 4.89. The molecule has 0 fully saturated rings. The van der Waals surface area contributed by atoms with Crippen LogP contribution in [0.25, 0.3) is 0 Å². The average Bonchev–Trinajstić information content (AvgIpc) is 2.30. The van der Waals surface area contributed by atoms with E-state index >= 15 is 0 Å². The Hall–Kier alpha value is -1.30. The Morgan fingerprint density at radius 3 is 2.05 bits per heavy atom. The van der Waals surface area contributed by atoms with Crippen LogP contribution < -0.4 is 4.74 Å². The van der Waals surface area contributed by atoms with Gasteiger partial charge in [-0.3, -0.25) is 4.79 Å². The van der Waals surface area contributed by atoms with E-state index in [1.54, 1.807) is 13.8 Å². The predicted molar refractivity (Wildman–Crippen MR) is 66.5 cm³/mol. The highest BCUT2D eigenvalue weighted by atomic mass is 35.5. The quantitative estimate of drug-likeness (QED) is 0.574. The van der Waals surface area contributed by atoms with Crippen molar-refractivity contribution in [1.82, 2.24) is 0 Å². The van der Waals surface area contributed by atoms with Gasteiger partial charge in [0.15, 0.2) is 0 Å². The average molecular weight is 313 g/mol. The molecule has 0 spiro atoms. The zero-order chi connectivity index (χ0) is 15.5. The molecule has 7 heteroatoms. The molecule has 0 bridgehead atoms. The van der Waals surface area contributed by atoms with Crippen LogP contribution in [0, 0.1) is 5.92 Å². The van der Waals surface area contributed by atoms with Gasteiger partial charge in [-0.15, -0.1) is 0 Å². The predicted octanol–water partition coefficient (Wildman–Crippen LogP) is 4.43. The van der Waals surface area contributed by atoms with Crippen molar-refractivity contribution < 1.29 is 27.1 Å². The van der Waals surface area contributed by atoms with Gasteiger partial charge in [-0.1, -0.05) is 26.0 Å². The van der Waals surface area contributed by atoms with Crippen molar-refractivity contribution in [3.05, 3.63) is 29.8 Å². The van der Waals surface area contributed by atoms with Crippen molar-refractivity contribution in [3.8, 4) is 5.75 Å². The normalized spacial score (nSPS) is 13.7. The first-order chi connectivity index (χ1) is 9.15. The lowest BCUT2D eigenvalue weighted by atomic mass is 9.89. The molecule has 1 aromatic carbocycles. The summed E-state index contributed by atoms with van der Waals surface area (Å²) in [5.41, 5.74) is 0.507. The SMILES string of the molecule is CC(C)C(C(=O)Cl)c1ccc(OC(F)(F)C(F)F)cc1. The van der Waals surface area contributed by atoms with Crippen LogP contribution in [0.5, 0.6) is 5.75 Å². The van der Waals surface area contributed by atoms with Crippen LogP contribution in [-0.2, 0) is 4.79 Å². The van der Waals surface area contributed by atoms with E-state index in [0.717, 1.165) is 12.1 Å². The third kappa shape index (κ3) is 4.10. The lowest BCUT2D eigenvalue weighted by Gasteiger charge is -2.19. The first-order valence-corrected chi connectivity index (χ1v) is 6.17. The van der Waals surface area contributed by atoms with Crippen LogP contribution in [0.4, 0.5) is 17.6 Å². The molecule has 0 aliphatic heterocycles. The fraction of sp³-hybridized carbons (Fsp3) is 0.462. The number of alkyl halides is 4. The molecule has 112 valence electrons. The first kappa shape index (κ1) is 16.8. The van der Waals surface area contributed by atoms with Gasteiger partial charge < -0.3 is 4.74 Å². The molecule has 0 N–H and O–H groups in total. The van der Waals surface area contributed by atoms with Crippen LogP contribution in [-0.4, -0.2) is 17.8 Å². The number of rotatable bonds is 6. The van der Waals surface area contributed by atoms with Gasteiger partial charge in [0.05, 0.1) is 5.92 Å². The summed E-state index contributed by atoms with van der Waals surface area (Å²) in [5.74, 6) is -1.10. The molecule has 0 saturated carbocycles. The number of halogens is 5. The van der Waals surface area contributed by atoms with E-state index in [0.29, 0.717) is 5.56 Å². The molecular formula is C13H13ClF4O2. The van der Waals surface area contributed by atoms with Crippen molar-refractivity contribution in [2.45, 2.75) is 32.3 Å². The van der Waals surface area contributed by atoms with Gasteiger partial charge in [0, 0.05) is 0 Å². The van der Waals surface area contributed by atoms with Gasteiger partial charge in [0.25, 0.3) is 0 Å². The van der Waals surface area contributed by atoms with Crippen molar-refractivity contribution >= 4 is 16.8 Å². The zero-order valence-electron chi connectivity index (χ0n) is 10.7. The van der Waals surface area contributed by atoms with Gasteiger partial charge in [-0.2, -0.15) is 17.6 Å². The van der Waals surface area contributed by atoms with E-state index in [2.05, 4.69) is 4.74 Å². The molecule has 0 saturated heterocycles. The summed E-state index contributed by atoms with van der Waals surface area (Å²) in [6.45, 7) is 3.56. The van der Waals surface area contributed by atoms with Crippen LogP contribution in [0.1, 0.15) is 25.3 Å². The molecule has 0 aliphatic carbocycles. The van der Waals surface area contributed by atoms with Gasteiger partial charge >= 0.3 is 12.5 Å². The van der Waals surface area contributed by atoms with Crippen LogP contribution in [0.3, 0.4) is 0 Å². The maximum atomic E-state index is 12.7. The molecular weight excluding hydrogens is 300 g/mol. The number of carbonyl (C=O) groups is 1. The number of carbonyl (C=O) groups excluding carboxylic acids is 1. The van der Waals surface area contributed by atoms with Crippen LogP contribution in [0.2, 0.25) is 0 Å². The Morgan fingerprint density at radius 1 is 1.20 bits per heavy atom. The molecule has 1 aromatic rings. The first-order valence-electron chi connectivity index (χ1n) is 5.79. The third-order valence-corrected chi connectivity index (χ3v) is 2.89. The molecule has 0 radical (unpaired) electrons. The molecule has 1 unspecified atom stereocenters. The van der Waals surface area contributed by atoms with Gasteiger partial charge in [-0.05, 0) is 35.2 Å². The van der Waals surface area contributed by atoms with Crippen LogP contribution in [0.15, 0.2) is 24.3 Å². The minimum atomic E-state index is -4.55. The Morgan fingerprint density at radius 2 is 1.70 bits per heavy atom. The Kier molecular flexibility index (Phi) is 5.39. The number of hydrogen-bond donors (Lipinski definition) is 0. The summed E-state index contributed by atoms with van der Waals surface area (Å²) in [7, 11) is 0. The topological polar surface area (TPSA) is 26.3 Å². The molecule has 0 aromatic heterocycles. The van der Waals surface area contributed by atoms with Crippen molar-refractivity contribution in [2.75, 3.05) is 0 Å². The smallest absolute Gasteiger partial charge is 0.428 e. The molecule has 1 atom stereocenters. The second-order valence-electron chi connectivity index (χ2n) is 4.56. The largest absolute Gasteiger partial charge is 0.461 e. The molecule has 1 rings (SSSR count). The van der Waals surface area contributed by atoms with Gasteiger partial charge in [0.1, 0.15) is 5.75 Å². The molecule has 20 heavy (non-hydrogen) atoms. The number of ether oxygens (including phenoxy) is 1. The van der Waals surface area contributed by atoms with E-state index in [9.17, 15) is 22.4 Å². The summed E-state index contributed by atoms with van der Waals surface area (Å²) in [6.07, 6.45) is -8.48. The highest BCUT2D eigenvalue weighted by Crippen LogP contribution is 2.31. The van der Waals surface area contributed by atoms with Gasteiger partial charge in [0.2, 0.25) is 5.24 Å². The van der Waals surface area contributed by atoms with E-state index in [1.165, 1.54) is 12.1 Å². The summed E-state index contributed by atoms with van der Waals surface area (Å²) >= 11 is 5.47. The summed E-state index contributed by atoms with van der Waals surface area (Å²) in [5, 5.41) is -0.577.